The molecule has 0 saturated heterocycles. The van der Waals surface area contributed by atoms with Crippen LogP contribution >= 0.6 is 11.6 Å². The molecule has 0 bridgehead atoms. The highest BCUT2D eigenvalue weighted by Crippen LogP contribution is 2.34. The fourth-order valence-electron chi connectivity index (χ4n) is 2.72. The zero-order valence-corrected chi connectivity index (χ0v) is 13.8. The zero-order chi connectivity index (χ0) is 16.5. The predicted molar refractivity (Wildman–Crippen MR) is 91.6 cm³/mol. The summed E-state index contributed by atoms with van der Waals surface area (Å²) in [5.74, 6) is 1.49. The van der Waals surface area contributed by atoms with Gasteiger partial charge in [0, 0.05) is 23.3 Å². The van der Waals surface area contributed by atoms with Gasteiger partial charge in [-0.1, -0.05) is 17.7 Å². The van der Waals surface area contributed by atoms with Gasteiger partial charge in [0.15, 0.2) is 11.5 Å². The Labute approximate surface area is 145 Å². The van der Waals surface area contributed by atoms with Crippen LogP contribution in [0, 0.1) is 0 Å². The van der Waals surface area contributed by atoms with Crippen molar-refractivity contribution in [3.05, 3.63) is 53.1 Å². The van der Waals surface area contributed by atoms with Crippen molar-refractivity contribution < 1.29 is 14.3 Å². The number of hydrogen-bond donors (Lipinski definition) is 1. The first kappa shape index (κ1) is 15.1. The van der Waals surface area contributed by atoms with Crippen LogP contribution in [-0.2, 0) is 6.54 Å². The topological polar surface area (TPSA) is 50.8 Å². The van der Waals surface area contributed by atoms with Crippen molar-refractivity contribution in [3.8, 4) is 11.5 Å². The second-order valence-electron chi connectivity index (χ2n) is 5.98. The summed E-state index contributed by atoms with van der Waals surface area (Å²) in [5, 5.41) is 3.58. The Kier molecular flexibility index (Phi) is 3.94. The molecule has 2 aromatic rings. The molecule has 0 radical (unpaired) electrons. The summed E-state index contributed by atoms with van der Waals surface area (Å²) >= 11 is 5.88. The molecule has 1 saturated carbocycles. The maximum Gasteiger partial charge on any atom is 0.322 e. The Hall–Kier alpha value is -2.40. The maximum atomic E-state index is 12.6. The van der Waals surface area contributed by atoms with Crippen LogP contribution in [-0.4, -0.2) is 23.8 Å². The number of anilines is 1. The number of benzene rings is 2. The van der Waals surface area contributed by atoms with Crippen LogP contribution in [0.25, 0.3) is 0 Å². The first-order valence-electron chi connectivity index (χ1n) is 7.91. The molecule has 1 N–H and O–H groups in total. The molecular formula is C18H17ClN2O3. The molecule has 124 valence electrons. The summed E-state index contributed by atoms with van der Waals surface area (Å²) in [6.45, 7) is 0.795. The molecule has 0 spiro atoms. The third kappa shape index (κ3) is 3.26. The van der Waals surface area contributed by atoms with E-state index in [4.69, 9.17) is 21.1 Å². The van der Waals surface area contributed by atoms with Crippen LogP contribution < -0.4 is 14.8 Å². The monoisotopic (exact) mass is 344 g/mol. The van der Waals surface area contributed by atoms with E-state index in [0.717, 1.165) is 35.6 Å². The third-order valence-electron chi connectivity index (χ3n) is 4.13. The number of halogens is 1. The Morgan fingerprint density at radius 2 is 1.88 bits per heavy atom. The van der Waals surface area contributed by atoms with Crippen LogP contribution in [0.1, 0.15) is 18.4 Å². The SMILES string of the molecule is O=C(Nc1ccc(Cl)cc1)N(Cc1ccc2c(c1)OCO2)C1CC1. The lowest BCUT2D eigenvalue weighted by molar-refractivity contribution is 0.174. The molecule has 1 heterocycles. The molecule has 2 amide bonds. The molecule has 4 rings (SSSR count). The van der Waals surface area contributed by atoms with Gasteiger partial charge in [0.1, 0.15) is 0 Å². The summed E-state index contributed by atoms with van der Waals surface area (Å²) < 4.78 is 10.7. The number of hydrogen-bond acceptors (Lipinski definition) is 3. The number of ether oxygens (including phenoxy) is 2. The van der Waals surface area contributed by atoms with Gasteiger partial charge in [-0.2, -0.15) is 0 Å². The van der Waals surface area contributed by atoms with Gasteiger partial charge in [-0.3, -0.25) is 0 Å². The summed E-state index contributed by atoms with van der Waals surface area (Å²) in [4.78, 5) is 14.5. The van der Waals surface area contributed by atoms with E-state index >= 15 is 0 Å². The highest BCUT2D eigenvalue weighted by molar-refractivity contribution is 6.30. The fourth-order valence-corrected chi connectivity index (χ4v) is 2.84. The number of fused-ring (bicyclic) bond motifs is 1. The molecule has 1 fully saturated rings. The Morgan fingerprint density at radius 1 is 1.12 bits per heavy atom. The van der Waals surface area contributed by atoms with Crippen molar-refractivity contribution in [1.82, 2.24) is 4.90 Å². The number of nitrogens with one attached hydrogen (secondary N) is 1. The predicted octanol–water partition coefficient (Wildman–Crippen LogP) is 4.27. The largest absolute Gasteiger partial charge is 0.454 e. The molecule has 2 aliphatic rings. The summed E-state index contributed by atoms with van der Waals surface area (Å²) in [7, 11) is 0. The van der Waals surface area contributed by atoms with E-state index in [1.807, 2.05) is 23.1 Å². The molecule has 0 atom stereocenters. The van der Waals surface area contributed by atoms with Crippen LogP contribution in [0.3, 0.4) is 0 Å². The molecule has 0 aromatic heterocycles. The average molecular weight is 345 g/mol. The van der Waals surface area contributed by atoms with E-state index in [0.29, 0.717) is 17.6 Å². The van der Waals surface area contributed by atoms with Gasteiger partial charge in [-0.25, -0.2) is 4.79 Å². The Morgan fingerprint density at radius 3 is 2.62 bits per heavy atom. The van der Waals surface area contributed by atoms with Gasteiger partial charge in [0.05, 0.1) is 0 Å². The van der Waals surface area contributed by atoms with Gasteiger partial charge < -0.3 is 19.7 Å². The fraction of sp³-hybridized carbons (Fsp3) is 0.278. The van der Waals surface area contributed by atoms with Crippen molar-refractivity contribution in [2.75, 3.05) is 12.1 Å². The van der Waals surface area contributed by atoms with Gasteiger partial charge in [-0.15, -0.1) is 0 Å². The van der Waals surface area contributed by atoms with Crippen LogP contribution in [0.4, 0.5) is 10.5 Å². The minimum Gasteiger partial charge on any atom is -0.454 e. The van der Waals surface area contributed by atoms with Crippen LogP contribution in [0.5, 0.6) is 11.5 Å². The van der Waals surface area contributed by atoms with Gasteiger partial charge in [-0.05, 0) is 54.8 Å². The number of nitrogens with zero attached hydrogens (tertiary/aromatic N) is 1. The van der Waals surface area contributed by atoms with Crippen molar-refractivity contribution in [2.24, 2.45) is 0 Å². The van der Waals surface area contributed by atoms with Crippen LogP contribution in [0.2, 0.25) is 5.02 Å². The lowest BCUT2D eigenvalue weighted by atomic mass is 10.2. The molecule has 2 aromatic carbocycles. The molecule has 1 aliphatic heterocycles. The maximum absolute atomic E-state index is 12.6. The Balaban J connectivity index is 1.47. The second-order valence-corrected chi connectivity index (χ2v) is 6.42. The van der Waals surface area contributed by atoms with Gasteiger partial charge in [0.25, 0.3) is 0 Å². The summed E-state index contributed by atoms with van der Waals surface area (Å²) in [5.41, 5.74) is 1.76. The average Bonchev–Trinajstić information content (AvgIpc) is 3.31. The van der Waals surface area contributed by atoms with Crippen LogP contribution in [0.15, 0.2) is 42.5 Å². The third-order valence-corrected chi connectivity index (χ3v) is 4.39. The standard InChI is InChI=1S/C18H17ClN2O3/c19-13-2-4-14(5-3-13)20-18(22)21(15-6-7-15)10-12-1-8-16-17(9-12)24-11-23-16/h1-5,8-9,15H,6-7,10-11H2,(H,20,22). The van der Waals surface area contributed by atoms with Crippen molar-refractivity contribution in [2.45, 2.75) is 25.4 Å². The smallest absolute Gasteiger partial charge is 0.322 e. The first-order valence-corrected chi connectivity index (χ1v) is 8.28. The quantitative estimate of drug-likeness (QED) is 0.901. The number of carbonyl (C=O) groups is 1. The number of urea groups is 1. The normalized spacial score (nSPS) is 15.2. The van der Waals surface area contributed by atoms with E-state index in [1.165, 1.54) is 0 Å². The van der Waals surface area contributed by atoms with E-state index < -0.39 is 0 Å². The molecular weight excluding hydrogens is 328 g/mol. The minimum absolute atomic E-state index is 0.0995. The van der Waals surface area contributed by atoms with Crippen molar-refractivity contribution in [1.29, 1.82) is 0 Å². The lowest BCUT2D eigenvalue weighted by Crippen LogP contribution is -2.36. The molecule has 1 aliphatic carbocycles. The molecule has 0 unspecified atom stereocenters. The molecule has 6 heteroatoms. The van der Waals surface area contributed by atoms with E-state index in [-0.39, 0.29) is 12.8 Å². The second kappa shape index (κ2) is 6.24. The van der Waals surface area contributed by atoms with Crippen molar-refractivity contribution >= 4 is 23.3 Å². The highest BCUT2D eigenvalue weighted by Gasteiger charge is 2.33. The first-order chi connectivity index (χ1) is 11.7. The van der Waals surface area contributed by atoms with Gasteiger partial charge in [0.2, 0.25) is 6.79 Å². The number of rotatable bonds is 4. The Bertz CT molecular complexity index is 759. The summed E-state index contributed by atoms with van der Waals surface area (Å²) in [6.07, 6.45) is 2.08. The van der Waals surface area contributed by atoms with E-state index in [2.05, 4.69) is 5.32 Å². The summed E-state index contributed by atoms with van der Waals surface area (Å²) in [6, 6.07) is 13.1. The zero-order valence-electron chi connectivity index (χ0n) is 13.0. The number of amides is 2. The number of carbonyl (C=O) groups excluding carboxylic acids is 1. The van der Waals surface area contributed by atoms with Crippen molar-refractivity contribution in [3.63, 3.8) is 0 Å². The van der Waals surface area contributed by atoms with Gasteiger partial charge >= 0.3 is 6.03 Å². The minimum atomic E-state index is -0.0995. The lowest BCUT2D eigenvalue weighted by Gasteiger charge is -2.23. The van der Waals surface area contributed by atoms with E-state index in [9.17, 15) is 4.79 Å². The van der Waals surface area contributed by atoms with E-state index in [1.54, 1.807) is 24.3 Å². The molecule has 24 heavy (non-hydrogen) atoms. The molecule has 5 nitrogen and oxygen atoms in total. The highest BCUT2D eigenvalue weighted by atomic mass is 35.5.